The molecule has 0 fully saturated rings. The second kappa shape index (κ2) is 5.81. The first kappa shape index (κ1) is 13.5. The third-order valence-corrected chi connectivity index (χ3v) is 3.44. The summed E-state index contributed by atoms with van der Waals surface area (Å²) in [5.74, 6) is 0.344. The number of hydrogen-bond donors (Lipinski definition) is 2. The quantitative estimate of drug-likeness (QED) is 0.850. The summed E-state index contributed by atoms with van der Waals surface area (Å²) in [6.45, 7) is 0. The molecule has 0 saturated carbocycles. The van der Waals surface area contributed by atoms with E-state index in [0.717, 1.165) is 0 Å². The highest BCUT2D eigenvalue weighted by Crippen LogP contribution is 2.26. The summed E-state index contributed by atoms with van der Waals surface area (Å²) >= 11 is 6.37. The fourth-order valence-electron chi connectivity index (χ4n) is 1.54. The number of carbonyl (C=O) groups excluding carboxylic acids is 1. The molecule has 1 amide bonds. The zero-order valence-corrected chi connectivity index (χ0v) is 11.8. The molecule has 6 heteroatoms. The van der Waals surface area contributed by atoms with Crippen LogP contribution in [0.1, 0.15) is 15.9 Å². The van der Waals surface area contributed by atoms with E-state index in [1.54, 1.807) is 29.6 Å². The molecule has 19 heavy (non-hydrogen) atoms. The van der Waals surface area contributed by atoms with Gasteiger partial charge in [-0.25, -0.2) is 0 Å². The van der Waals surface area contributed by atoms with Gasteiger partial charge in [0.15, 0.2) is 0 Å². The van der Waals surface area contributed by atoms with Crippen molar-refractivity contribution < 1.29 is 9.53 Å². The molecule has 0 saturated heterocycles. The molecule has 0 aliphatic heterocycles. The molecule has 98 valence electrons. The van der Waals surface area contributed by atoms with Crippen molar-refractivity contribution in [3.8, 4) is 5.75 Å². The van der Waals surface area contributed by atoms with E-state index in [2.05, 4.69) is 5.32 Å². The summed E-state index contributed by atoms with van der Waals surface area (Å²) in [6.07, 6.45) is 0. The Morgan fingerprint density at radius 3 is 2.74 bits per heavy atom. The van der Waals surface area contributed by atoms with E-state index >= 15 is 0 Å². The van der Waals surface area contributed by atoms with Gasteiger partial charge in [0.05, 0.1) is 18.4 Å². The highest BCUT2D eigenvalue weighted by molar-refractivity contribution is 7.80. The fourth-order valence-corrected chi connectivity index (χ4v) is 2.30. The summed E-state index contributed by atoms with van der Waals surface area (Å²) in [6, 6.07) is 6.92. The molecule has 2 aromatic rings. The van der Waals surface area contributed by atoms with E-state index in [-0.39, 0.29) is 10.9 Å². The molecule has 1 aromatic heterocycles. The smallest absolute Gasteiger partial charge is 0.256 e. The predicted octanol–water partition coefficient (Wildman–Crippen LogP) is 2.64. The van der Waals surface area contributed by atoms with Gasteiger partial charge in [0, 0.05) is 10.9 Å². The minimum Gasteiger partial charge on any atom is -0.495 e. The number of anilines is 1. The molecule has 0 bridgehead atoms. The normalized spacial score (nSPS) is 9.95. The van der Waals surface area contributed by atoms with Gasteiger partial charge in [-0.2, -0.15) is 11.3 Å². The molecule has 0 spiro atoms. The van der Waals surface area contributed by atoms with Crippen LogP contribution in [0.3, 0.4) is 0 Å². The Bertz CT molecular complexity index is 609. The van der Waals surface area contributed by atoms with Crippen molar-refractivity contribution in [2.75, 3.05) is 12.4 Å². The van der Waals surface area contributed by atoms with Crippen LogP contribution in [0, 0.1) is 0 Å². The molecular weight excluding hydrogens is 280 g/mol. The third kappa shape index (κ3) is 3.10. The van der Waals surface area contributed by atoms with Crippen LogP contribution in [-0.4, -0.2) is 18.0 Å². The Balaban J connectivity index is 2.25. The van der Waals surface area contributed by atoms with Gasteiger partial charge < -0.3 is 15.8 Å². The average Bonchev–Trinajstić information content (AvgIpc) is 2.92. The summed E-state index contributed by atoms with van der Waals surface area (Å²) in [5, 5.41) is 6.42. The third-order valence-electron chi connectivity index (χ3n) is 2.52. The van der Waals surface area contributed by atoms with Crippen molar-refractivity contribution in [1.29, 1.82) is 0 Å². The lowest BCUT2D eigenvalue weighted by Crippen LogP contribution is -2.13. The summed E-state index contributed by atoms with van der Waals surface area (Å²) in [5.41, 5.74) is 7.45. The van der Waals surface area contributed by atoms with Gasteiger partial charge in [0.25, 0.3) is 5.91 Å². The maximum absolute atomic E-state index is 12.0. The van der Waals surface area contributed by atoms with E-state index < -0.39 is 0 Å². The SMILES string of the molecule is COc1cc(C(N)=S)ccc1NC(=O)c1ccsc1. The van der Waals surface area contributed by atoms with E-state index in [4.69, 9.17) is 22.7 Å². The number of methoxy groups -OCH3 is 1. The van der Waals surface area contributed by atoms with Gasteiger partial charge in [-0.1, -0.05) is 12.2 Å². The standard InChI is InChI=1S/C13H12N2O2S2/c1-17-11-6-8(12(14)18)2-3-10(11)15-13(16)9-4-5-19-7-9/h2-7H,1H3,(H2,14,18)(H,15,16). The Hall–Kier alpha value is -1.92. The summed E-state index contributed by atoms with van der Waals surface area (Å²) < 4.78 is 5.23. The van der Waals surface area contributed by atoms with Crippen molar-refractivity contribution in [3.63, 3.8) is 0 Å². The second-order valence-electron chi connectivity index (χ2n) is 3.75. The Kier molecular flexibility index (Phi) is 4.13. The van der Waals surface area contributed by atoms with Gasteiger partial charge in [-0.15, -0.1) is 0 Å². The van der Waals surface area contributed by atoms with Crippen molar-refractivity contribution in [3.05, 3.63) is 46.2 Å². The zero-order chi connectivity index (χ0) is 13.8. The number of thiophene rings is 1. The molecular formula is C13H12N2O2S2. The summed E-state index contributed by atoms with van der Waals surface area (Å²) in [7, 11) is 1.53. The number of amides is 1. The van der Waals surface area contributed by atoms with Crippen LogP contribution in [0.4, 0.5) is 5.69 Å². The molecule has 0 radical (unpaired) electrons. The molecule has 1 heterocycles. The number of benzene rings is 1. The minimum absolute atomic E-state index is 0.178. The van der Waals surface area contributed by atoms with E-state index in [0.29, 0.717) is 22.6 Å². The lowest BCUT2D eigenvalue weighted by molar-refractivity contribution is 0.102. The van der Waals surface area contributed by atoms with Gasteiger partial charge in [0.2, 0.25) is 0 Å². The van der Waals surface area contributed by atoms with E-state index in [1.165, 1.54) is 18.4 Å². The molecule has 0 aliphatic carbocycles. The molecule has 0 unspecified atom stereocenters. The number of hydrogen-bond acceptors (Lipinski definition) is 4. The second-order valence-corrected chi connectivity index (χ2v) is 4.97. The number of nitrogens with one attached hydrogen (secondary N) is 1. The highest BCUT2D eigenvalue weighted by atomic mass is 32.1. The van der Waals surface area contributed by atoms with Crippen molar-refractivity contribution in [2.24, 2.45) is 5.73 Å². The van der Waals surface area contributed by atoms with Crippen LogP contribution >= 0.6 is 23.6 Å². The maximum atomic E-state index is 12.0. The average molecular weight is 292 g/mol. The van der Waals surface area contributed by atoms with Crippen LogP contribution in [0.15, 0.2) is 35.0 Å². The van der Waals surface area contributed by atoms with Gasteiger partial charge in [-0.3, -0.25) is 4.79 Å². The van der Waals surface area contributed by atoms with Gasteiger partial charge >= 0.3 is 0 Å². The first-order valence-electron chi connectivity index (χ1n) is 5.43. The fraction of sp³-hybridized carbons (Fsp3) is 0.0769. The first-order valence-corrected chi connectivity index (χ1v) is 6.78. The Morgan fingerprint density at radius 2 is 2.16 bits per heavy atom. The van der Waals surface area contributed by atoms with Crippen LogP contribution < -0.4 is 15.8 Å². The van der Waals surface area contributed by atoms with Gasteiger partial charge in [-0.05, 0) is 29.6 Å². The van der Waals surface area contributed by atoms with Crippen molar-refractivity contribution >= 4 is 40.1 Å². The van der Waals surface area contributed by atoms with Crippen LogP contribution in [0.5, 0.6) is 5.75 Å². The Labute approximate surface area is 120 Å². The number of rotatable bonds is 4. The predicted molar refractivity (Wildman–Crippen MR) is 81.2 cm³/mol. The monoisotopic (exact) mass is 292 g/mol. The lowest BCUT2D eigenvalue weighted by atomic mass is 10.2. The van der Waals surface area contributed by atoms with Crippen LogP contribution in [0.2, 0.25) is 0 Å². The molecule has 0 aliphatic rings. The molecule has 3 N–H and O–H groups in total. The van der Waals surface area contributed by atoms with Crippen molar-refractivity contribution in [1.82, 2.24) is 0 Å². The highest BCUT2D eigenvalue weighted by Gasteiger charge is 2.11. The van der Waals surface area contributed by atoms with Crippen LogP contribution in [0.25, 0.3) is 0 Å². The first-order chi connectivity index (χ1) is 9.11. The molecule has 2 rings (SSSR count). The van der Waals surface area contributed by atoms with Crippen molar-refractivity contribution in [2.45, 2.75) is 0 Å². The number of nitrogens with two attached hydrogens (primary N) is 1. The van der Waals surface area contributed by atoms with Crippen LogP contribution in [-0.2, 0) is 0 Å². The number of ether oxygens (including phenoxy) is 1. The maximum Gasteiger partial charge on any atom is 0.256 e. The van der Waals surface area contributed by atoms with Gasteiger partial charge in [0.1, 0.15) is 10.7 Å². The largest absolute Gasteiger partial charge is 0.495 e. The van der Waals surface area contributed by atoms with E-state index in [9.17, 15) is 4.79 Å². The number of carbonyl (C=O) groups is 1. The molecule has 0 atom stereocenters. The lowest BCUT2D eigenvalue weighted by Gasteiger charge is -2.11. The summed E-state index contributed by atoms with van der Waals surface area (Å²) in [4.78, 5) is 12.2. The minimum atomic E-state index is -0.178. The topological polar surface area (TPSA) is 64.3 Å². The zero-order valence-electron chi connectivity index (χ0n) is 10.2. The molecule has 4 nitrogen and oxygen atoms in total. The number of thiocarbonyl (C=S) groups is 1. The molecule has 1 aromatic carbocycles. The Morgan fingerprint density at radius 1 is 1.37 bits per heavy atom. The van der Waals surface area contributed by atoms with E-state index in [1.807, 2.05) is 5.38 Å².